The van der Waals surface area contributed by atoms with Gasteiger partial charge in [0.1, 0.15) is 0 Å². The summed E-state index contributed by atoms with van der Waals surface area (Å²) in [5.74, 6) is -0.0762. The fourth-order valence-electron chi connectivity index (χ4n) is 2.23. The van der Waals surface area contributed by atoms with Crippen LogP contribution in [-0.4, -0.2) is 22.7 Å². The molecular weight excluding hydrogens is 252 g/mol. The Morgan fingerprint density at radius 1 is 1.30 bits per heavy atom. The van der Waals surface area contributed by atoms with Crippen LogP contribution in [-0.2, 0) is 7.05 Å². The molecule has 0 aliphatic rings. The molecule has 0 radical (unpaired) electrons. The van der Waals surface area contributed by atoms with E-state index >= 15 is 0 Å². The predicted molar refractivity (Wildman–Crippen MR) is 79.8 cm³/mol. The second kappa shape index (κ2) is 5.77. The molecule has 0 aliphatic heterocycles. The summed E-state index contributed by atoms with van der Waals surface area (Å²) in [7, 11) is 3.54. The van der Waals surface area contributed by atoms with E-state index in [-0.39, 0.29) is 11.9 Å². The monoisotopic (exact) mass is 272 g/mol. The van der Waals surface area contributed by atoms with Crippen LogP contribution >= 0.6 is 0 Å². The summed E-state index contributed by atoms with van der Waals surface area (Å²) in [5, 5.41) is 10.4. The van der Waals surface area contributed by atoms with Gasteiger partial charge in [-0.2, -0.15) is 5.10 Å². The molecule has 2 N–H and O–H groups in total. The lowest BCUT2D eigenvalue weighted by Crippen LogP contribution is -2.17. The van der Waals surface area contributed by atoms with Crippen molar-refractivity contribution in [1.82, 2.24) is 15.1 Å². The van der Waals surface area contributed by atoms with Crippen LogP contribution in [0.2, 0.25) is 0 Å². The van der Waals surface area contributed by atoms with Crippen molar-refractivity contribution in [3.63, 3.8) is 0 Å². The number of carbonyl (C=O) groups is 1. The molecule has 0 fully saturated rings. The maximum absolute atomic E-state index is 11.5. The first kappa shape index (κ1) is 14.1. The summed E-state index contributed by atoms with van der Waals surface area (Å²) in [4.78, 5) is 11.5. The number of aryl methyl sites for hydroxylation is 2. The molecule has 106 valence electrons. The molecule has 1 heterocycles. The predicted octanol–water partition coefficient (Wildman–Crippen LogP) is 2.26. The van der Waals surface area contributed by atoms with Gasteiger partial charge in [0.25, 0.3) is 5.91 Å². The van der Waals surface area contributed by atoms with E-state index in [0.29, 0.717) is 5.56 Å². The summed E-state index contributed by atoms with van der Waals surface area (Å²) in [6.07, 6.45) is 2.02. The highest BCUT2D eigenvalue weighted by atomic mass is 16.1. The standard InChI is InChI=1S/C15H20N4O/c1-10(14-9-19(4)18-11(14)2)17-13-7-5-12(6-8-13)15(20)16-3/h5-10,17H,1-4H3,(H,16,20). The molecule has 0 aliphatic carbocycles. The van der Waals surface area contributed by atoms with E-state index in [4.69, 9.17) is 0 Å². The molecule has 1 unspecified atom stereocenters. The number of hydrogen-bond donors (Lipinski definition) is 2. The van der Waals surface area contributed by atoms with Crippen molar-refractivity contribution in [3.8, 4) is 0 Å². The average molecular weight is 272 g/mol. The molecule has 0 saturated heterocycles. The number of nitrogens with one attached hydrogen (secondary N) is 2. The highest BCUT2D eigenvalue weighted by Crippen LogP contribution is 2.21. The van der Waals surface area contributed by atoms with Crippen LogP contribution < -0.4 is 10.6 Å². The molecule has 0 bridgehead atoms. The van der Waals surface area contributed by atoms with E-state index in [2.05, 4.69) is 22.7 Å². The zero-order valence-electron chi connectivity index (χ0n) is 12.3. The van der Waals surface area contributed by atoms with Crippen molar-refractivity contribution in [1.29, 1.82) is 0 Å². The van der Waals surface area contributed by atoms with Crippen molar-refractivity contribution in [2.45, 2.75) is 19.9 Å². The molecule has 1 aromatic carbocycles. The summed E-state index contributed by atoms with van der Waals surface area (Å²) in [6, 6.07) is 7.60. The van der Waals surface area contributed by atoms with Crippen LogP contribution in [0.25, 0.3) is 0 Å². The SMILES string of the molecule is CNC(=O)c1ccc(NC(C)c2cn(C)nc2C)cc1. The van der Waals surface area contributed by atoms with Gasteiger partial charge in [0.2, 0.25) is 0 Å². The maximum atomic E-state index is 11.5. The van der Waals surface area contributed by atoms with Gasteiger partial charge >= 0.3 is 0 Å². The van der Waals surface area contributed by atoms with Gasteiger partial charge in [0.05, 0.1) is 11.7 Å². The minimum absolute atomic E-state index is 0.0762. The molecule has 2 rings (SSSR count). The van der Waals surface area contributed by atoms with Gasteiger partial charge in [0.15, 0.2) is 0 Å². The van der Waals surface area contributed by atoms with Gasteiger partial charge < -0.3 is 10.6 Å². The molecular formula is C15H20N4O. The van der Waals surface area contributed by atoms with E-state index in [1.807, 2.05) is 49.1 Å². The van der Waals surface area contributed by atoms with Crippen molar-refractivity contribution < 1.29 is 4.79 Å². The molecule has 2 aromatic rings. The Morgan fingerprint density at radius 2 is 1.95 bits per heavy atom. The highest BCUT2D eigenvalue weighted by Gasteiger charge is 2.11. The van der Waals surface area contributed by atoms with E-state index in [1.54, 1.807) is 7.05 Å². The van der Waals surface area contributed by atoms with Crippen LogP contribution in [0.1, 0.15) is 34.6 Å². The fraction of sp³-hybridized carbons (Fsp3) is 0.333. The van der Waals surface area contributed by atoms with Gasteiger partial charge in [-0.1, -0.05) is 0 Å². The summed E-state index contributed by atoms with van der Waals surface area (Å²) >= 11 is 0. The number of anilines is 1. The van der Waals surface area contributed by atoms with Crippen molar-refractivity contribution in [2.75, 3.05) is 12.4 Å². The molecule has 0 saturated carbocycles. The van der Waals surface area contributed by atoms with Gasteiger partial charge in [-0.05, 0) is 38.1 Å². The van der Waals surface area contributed by atoms with Gasteiger partial charge in [0, 0.05) is 37.1 Å². The van der Waals surface area contributed by atoms with Crippen LogP contribution in [0.4, 0.5) is 5.69 Å². The van der Waals surface area contributed by atoms with Gasteiger partial charge in [-0.3, -0.25) is 9.48 Å². The van der Waals surface area contributed by atoms with E-state index in [9.17, 15) is 4.79 Å². The number of amides is 1. The third kappa shape index (κ3) is 2.99. The molecule has 5 nitrogen and oxygen atoms in total. The number of benzene rings is 1. The summed E-state index contributed by atoms with van der Waals surface area (Å²) < 4.78 is 1.82. The van der Waals surface area contributed by atoms with Crippen molar-refractivity contribution in [2.24, 2.45) is 7.05 Å². The third-order valence-electron chi connectivity index (χ3n) is 3.28. The summed E-state index contributed by atoms with van der Waals surface area (Å²) in [5.41, 5.74) is 3.83. The first-order valence-electron chi connectivity index (χ1n) is 6.60. The zero-order valence-corrected chi connectivity index (χ0v) is 12.3. The number of rotatable bonds is 4. The van der Waals surface area contributed by atoms with E-state index in [0.717, 1.165) is 11.4 Å². The quantitative estimate of drug-likeness (QED) is 0.897. The van der Waals surface area contributed by atoms with Crippen LogP contribution in [0.15, 0.2) is 30.5 Å². The first-order chi connectivity index (χ1) is 9.51. The Labute approximate surface area is 119 Å². The molecule has 20 heavy (non-hydrogen) atoms. The highest BCUT2D eigenvalue weighted by molar-refractivity contribution is 5.94. The second-order valence-corrected chi connectivity index (χ2v) is 4.87. The lowest BCUT2D eigenvalue weighted by Gasteiger charge is -2.15. The normalized spacial score (nSPS) is 12.0. The van der Waals surface area contributed by atoms with Crippen LogP contribution in [0, 0.1) is 6.92 Å². The smallest absolute Gasteiger partial charge is 0.251 e. The average Bonchev–Trinajstić information content (AvgIpc) is 2.78. The molecule has 1 atom stereocenters. The van der Waals surface area contributed by atoms with Gasteiger partial charge in [-0.25, -0.2) is 0 Å². The Hall–Kier alpha value is -2.30. The Bertz CT molecular complexity index is 601. The molecule has 5 heteroatoms. The maximum Gasteiger partial charge on any atom is 0.251 e. The zero-order chi connectivity index (χ0) is 14.7. The Kier molecular flexibility index (Phi) is 4.08. The van der Waals surface area contributed by atoms with Crippen molar-refractivity contribution in [3.05, 3.63) is 47.3 Å². The Morgan fingerprint density at radius 3 is 2.45 bits per heavy atom. The van der Waals surface area contributed by atoms with Crippen molar-refractivity contribution >= 4 is 11.6 Å². The largest absolute Gasteiger partial charge is 0.378 e. The number of carbonyl (C=O) groups excluding carboxylic acids is 1. The first-order valence-corrected chi connectivity index (χ1v) is 6.60. The van der Waals surface area contributed by atoms with Crippen LogP contribution in [0.3, 0.4) is 0 Å². The van der Waals surface area contributed by atoms with E-state index in [1.165, 1.54) is 5.56 Å². The minimum Gasteiger partial charge on any atom is -0.378 e. The lowest BCUT2D eigenvalue weighted by molar-refractivity contribution is 0.0963. The lowest BCUT2D eigenvalue weighted by atomic mass is 10.1. The molecule has 0 spiro atoms. The number of hydrogen-bond acceptors (Lipinski definition) is 3. The number of aromatic nitrogens is 2. The molecule has 1 aromatic heterocycles. The Balaban J connectivity index is 2.10. The topological polar surface area (TPSA) is 59.0 Å². The minimum atomic E-state index is -0.0762. The van der Waals surface area contributed by atoms with Crippen LogP contribution in [0.5, 0.6) is 0 Å². The number of nitrogens with zero attached hydrogens (tertiary/aromatic N) is 2. The van der Waals surface area contributed by atoms with Gasteiger partial charge in [-0.15, -0.1) is 0 Å². The fourth-order valence-corrected chi connectivity index (χ4v) is 2.23. The third-order valence-corrected chi connectivity index (χ3v) is 3.28. The molecule has 1 amide bonds. The van der Waals surface area contributed by atoms with E-state index < -0.39 is 0 Å². The second-order valence-electron chi connectivity index (χ2n) is 4.87. The summed E-state index contributed by atoms with van der Waals surface area (Å²) in [6.45, 7) is 4.10.